The summed E-state index contributed by atoms with van der Waals surface area (Å²) in [5, 5.41) is 5.92. The Labute approximate surface area is 120 Å². The van der Waals surface area contributed by atoms with Gasteiger partial charge in [-0.25, -0.2) is 0 Å². The maximum Gasteiger partial charge on any atom is 0.251 e. The van der Waals surface area contributed by atoms with Gasteiger partial charge < -0.3 is 21.1 Å². The summed E-state index contributed by atoms with van der Waals surface area (Å²) in [6.07, 6.45) is 0. The number of carbonyl (C=O) groups excluding carboxylic acids is 1. The standard InChI is InChI=1S/C15H23N3O2/c1-4-17-15(19)12-5-6-13(16)14(9-12)18-7-8-20-10-11(2)3/h5-6,9,18H,2,4,7-8,10,16H2,1,3H3,(H,17,19). The van der Waals surface area contributed by atoms with Gasteiger partial charge in [0.15, 0.2) is 0 Å². The highest BCUT2D eigenvalue weighted by molar-refractivity contribution is 5.96. The quantitative estimate of drug-likeness (QED) is 0.386. The molecule has 5 heteroatoms. The van der Waals surface area contributed by atoms with Crippen molar-refractivity contribution < 1.29 is 9.53 Å². The largest absolute Gasteiger partial charge is 0.397 e. The summed E-state index contributed by atoms with van der Waals surface area (Å²) in [6.45, 7) is 9.89. The van der Waals surface area contributed by atoms with Gasteiger partial charge in [0.05, 0.1) is 24.6 Å². The summed E-state index contributed by atoms with van der Waals surface area (Å²) in [4.78, 5) is 11.7. The van der Waals surface area contributed by atoms with Gasteiger partial charge in [0.2, 0.25) is 0 Å². The summed E-state index contributed by atoms with van der Waals surface area (Å²) < 4.78 is 5.39. The van der Waals surface area contributed by atoms with E-state index in [-0.39, 0.29) is 5.91 Å². The van der Waals surface area contributed by atoms with Crippen molar-refractivity contribution in [3.8, 4) is 0 Å². The zero-order chi connectivity index (χ0) is 15.0. The number of hydrogen-bond donors (Lipinski definition) is 3. The van der Waals surface area contributed by atoms with Crippen LogP contribution in [0.4, 0.5) is 11.4 Å². The van der Waals surface area contributed by atoms with Crippen molar-refractivity contribution >= 4 is 17.3 Å². The van der Waals surface area contributed by atoms with Crippen LogP contribution in [0.15, 0.2) is 30.4 Å². The monoisotopic (exact) mass is 277 g/mol. The molecule has 1 amide bonds. The first kappa shape index (κ1) is 16.0. The van der Waals surface area contributed by atoms with Crippen LogP contribution < -0.4 is 16.4 Å². The van der Waals surface area contributed by atoms with Gasteiger partial charge in [0.1, 0.15) is 0 Å². The van der Waals surface area contributed by atoms with Crippen LogP contribution in [-0.2, 0) is 4.74 Å². The smallest absolute Gasteiger partial charge is 0.251 e. The average Bonchev–Trinajstić information content (AvgIpc) is 2.40. The van der Waals surface area contributed by atoms with Crippen LogP contribution in [0.2, 0.25) is 0 Å². The number of nitrogens with one attached hydrogen (secondary N) is 2. The minimum absolute atomic E-state index is 0.103. The molecule has 0 atom stereocenters. The molecule has 1 aromatic rings. The van der Waals surface area contributed by atoms with Crippen LogP contribution in [0.5, 0.6) is 0 Å². The zero-order valence-corrected chi connectivity index (χ0v) is 12.2. The Bertz CT molecular complexity index is 472. The molecule has 110 valence electrons. The minimum atomic E-state index is -0.103. The fraction of sp³-hybridized carbons (Fsp3) is 0.400. The SMILES string of the molecule is C=C(C)COCCNc1cc(C(=O)NCC)ccc1N. The molecule has 0 heterocycles. The maximum atomic E-state index is 11.7. The molecule has 0 spiro atoms. The predicted octanol–water partition coefficient (Wildman–Crippen LogP) is 2.02. The first-order valence-electron chi connectivity index (χ1n) is 6.68. The molecule has 5 nitrogen and oxygen atoms in total. The third-order valence-electron chi connectivity index (χ3n) is 2.56. The van der Waals surface area contributed by atoms with Crippen molar-refractivity contribution in [2.75, 3.05) is 37.4 Å². The van der Waals surface area contributed by atoms with E-state index in [2.05, 4.69) is 17.2 Å². The number of amides is 1. The molecule has 0 bridgehead atoms. The molecule has 1 rings (SSSR count). The Morgan fingerprint density at radius 2 is 2.20 bits per heavy atom. The zero-order valence-electron chi connectivity index (χ0n) is 12.2. The molecule has 0 aromatic heterocycles. The first-order chi connectivity index (χ1) is 9.54. The molecule has 0 unspecified atom stereocenters. The maximum absolute atomic E-state index is 11.7. The van der Waals surface area contributed by atoms with Gasteiger partial charge in [-0.3, -0.25) is 4.79 Å². The number of benzene rings is 1. The molecule has 20 heavy (non-hydrogen) atoms. The van der Waals surface area contributed by atoms with Crippen LogP contribution >= 0.6 is 0 Å². The van der Waals surface area contributed by atoms with Crippen molar-refractivity contribution in [1.29, 1.82) is 0 Å². The van der Waals surface area contributed by atoms with Crippen LogP contribution in [0.3, 0.4) is 0 Å². The van der Waals surface area contributed by atoms with E-state index in [0.717, 1.165) is 11.3 Å². The summed E-state index contributed by atoms with van der Waals surface area (Å²) in [6, 6.07) is 5.18. The molecule has 0 radical (unpaired) electrons. The summed E-state index contributed by atoms with van der Waals surface area (Å²) in [7, 11) is 0. The number of anilines is 2. The molecule has 0 saturated heterocycles. The van der Waals surface area contributed by atoms with Gasteiger partial charge >= 0.3 is 0 Å². The number of ether oxygens (including phenoxy) is 1. The number of hydrogen-bond acceptors (Lipinski definition) is 4. The lowest BCUT2D eigenvalue weighted by atomic mass is 10.1. The Hall–Kier alpha value is -2.01. The molecular weight excluding hydrogens is 254 g/mol. The first-order valence-corrected chi connectivity index (χ1v) is 6.68. The van der Waals surface area contributed by atoms with Gasteiger partial charge in [-0.05, 0) is 32.0 Å². The normalized spacial score (nSPS) is 10.1. The van der Waals surface area contributed by atoms with E-state index < -0.39 is 0 Å². The topological polar surface area (TPSA) is 76.4 Å². The van der Waals surface area contributed by atoms with E-state index in [1.54, 1.807) is 18.2 Å². The molecule has 0 saturated carbocycles. The van der Waals surface area contributed by atoms with E-state index in [1.807, 2.05) is 13.8 Å². The lowest BCUT2D eigenvalue weighted by Crippen LogP contribution is -2.23. The van der Waals surface area contributed by atoms with E-state index in [1.165, 1.54) is 0 Å². The lowest BCUT2D eigenvalue weighted by Gasteiger charge is -2.11. The molecule has 0 aliphatic rings. The highest BCUT2D eigenvalue weighted by atomic mass is 16.5. The molecular formula is C15H23N3O2. The second-order valence-corrected chi connectivity index (χ2v) is 4.60. The second kappa shape index (κ2) is 8.22. The highest BCUT2D eigenvalue weighted by Gasteiger charge is 2.07. The van der Waals surface area contributed by atoms with E-state index in [4.69, 9.17) is 10.5 Å². The fourth-order valence-corrected chi connectivity index (χ4v) is 1.62. The van der Waals surface area contributed by atoms with E-state index in [0.29, 0.717) is 37.6 Å². The van der Waals surface area contributed by atoms with Crippen LogP contribution in [0.25, 0.3) is 0 Å². The van der Waals surface area contributed by atoms with Gasteiger partial charge in [0.25, 0.3) is 5.91 Å². The lowest BCUT2D eigenvalue weighted by molar-refractivity contribution is 0.0956. The molecule has 0 aliphatic heterocycles. The number of carbonyl (C=O) groups is 1. The summed E-state index contributed by atoms with van der Waals surface area (Å²) in [5.41, 5.74) is 8.81. The van der Waals surface area contributed by atoms with Crippen molar-refractivity contribution in [3.05, 3.63) is 35.9 Å². The van der Waals surface area contributed by atoms with Crippen molar-refractivity contribution in [2.24, 2.45) is 0 Å². The van der Waals surface area contributed by atoms with Gasteiger partial charge in [-0.15, -0.1) is 0 Å². The third kappa shape index (κ3) is 5.32. The molecule has 0 aliphatic carbocycles. The van der Waals surface area contributed by atoms with Gasteiger partial charge in [-0.2, -0.15) is 0 Å². The Morgan fingerprint density at radius 1 is 1.45 bits per heavy atom. The Balaban J connectivity index is 2.54. The van der Waals surface area contributed by atoms with Gasteiger partial charge in [0, 0.05) is 18.7 Å². The minimum Gasteiger partial charge on any atom is -0.397 e. The van der Waals surface area contributed by atoms with E-state index >= 15 is 0 Å². The van der Waals surface area contributed by atoms with Gasteiger partial charge in [-0.1, -0.05) is 12.2 Å². The predicted molar refractivity (Wildman–Crippen MR) is 83.0 cm³/mol. The Kier molecular flexibility index (Phi) is 6.59. The van der Waals surface area contributed by atoms with Crippen molar-refractivity contribution in [1.82, 2.24) is 5.32 Å². The van der Waals surface area contributed by atoms with Crippen LogP contribution in [0, 0.1) is 0 Å². The summed E-state index contributed by atoms with van der Waals surface area (Å²) in [5.74, 6) is -0.103. The second-order valence-electron chi connectivity index (χ2n) is 4.60. The van der Waals surface area contributed by atoms with Crippen LogP contribution in [-0.4, -0.2) is 32.2 Å². The average molecular weight is 277 g/mol. The molecule has 4 N–H and O–H groups in total. The number of rotatable bonds is 8. The molecule has 1 aromatic carbocycles. The summed E-state index contributed by atoms with van der Waals surface area (Å²) >= 11 is 0. The number of nitrogen functional groups attached to an aromatic ring is 1. The van der Waals surface area contributed by atoms with Crippen LogP contribution in [0.1, 0.15) is 24.2 Å². The highest BCUT2D eigenvalue weighted by Crippen LogP contribution is 2.19. The number of nitrogens with two attached hydrogens (primary N) is 1. The molecule has 0 fully saturated rings. The fourth-order valence-electron chi connectivity index (χ4n) is 1.62. The Morgan fingerprint density at radius 3 is 2.85 bits per heavy atom. The van der Waals surface area contributed by atoms with Crippen molar-refractivity contribution in [2.45, 2.75) is 13.8 Å². The van der Waals surface area contributed by atoms with Crippen molar-refractivity contribution in [3.63, 3.8) is 0 Å². The van der Waals surface area contributed by atoms with E-state index in [9.17, 15) is 4.79 Å². The third-order valence-corrected chi connectivity index (χ3v) is 2.56.